The number of primary amides is 1. The summed E-state index contributed by atoms with van der Waals surface area (Å²) in [6.07, 6.45) is 1.24. The van der Waals surface area contributed by atoms with Crippen molar-refractivity contribution in [3.63, 3.8) is 0 Å². The van der Waals surface area contributed by atoms with E-state index in [1.807, 2.05) is 47.8 Å². The molecule has 3 aromatic carbocycles. The number of ether oxygens (including phenoxy) is 1. The molecule has 0 unspecified atom stereocenters. The zero-order valence-corrected chi connectivity index (χ0v) is 17.0. The van der Waals surface area contributed by atoms with Gasteiger partial charge in [-0.25, -0.2) is 4.79 Å². The van der Waals surface area contributed by atoms with E-state index in [0.29, 0.717) is 5.56 Å². The maximum absolute atomic E-state index is 11.8. The number of fused-ring (bicyclic) bond motifs is 1. The fraction of sp³-hybridized carbons (Fsp3) is 0.0455. The number of hydrogen-bond acceptors (Lipinski definition) is 4. The molecule has 0 aliphatic heterocycles. The van der Waals surface area contributed by atoms with Gasteiger partial charge >= 0.3 is 6.03 Å². The van der Waals surface area contributed by atoms with E-state index in [0.717, 1.165) is 16.3 Å². The number of halogens is 2. The van der Waals surface area contributed by atoms with Crippen LogP contribution in [0.1, 0.15) is 11.1 Å². The van der Waals surface area contributed by atoms with Gasteiger partial charge in [0, 0.05) is 0 Å². The zero-order chi connectivity index (χ0) is 21.7. The first-order chi connectivity index (χ1) is 14.4. The molecule has 0 atom stereocenters. The van der Waals surface area contributed by atoms with Crippen LogP contribution in [0, 0.1) is 11.3 Å². The standard InChI is InChI=1S/C22H15Cl2N3O3/c23-18-9-14(8-17(11-25)21(28)27-22(26)29)10-19(24)20(18)30-12-13-5-6-15-3-1-2-4-16(15)7-13/h1-10H,12H2,(H3,26,27,28,29)/b17-8-. The Bertz CT molecular complexity index is 1190. The molecule has 3 amide bonds. The summed E-state index contributed by atoms with van der Waals surface area (Å²) in [6.45, 7) is 0.254. The lowest BCUT2D eigenvalue weighted by Crippen LogP contribution is -2.35. The van der Waals surface area contributed by atoms with Crippen LogP contribution in [0.3, 0.4) is 0 Å². The minimum atomic E-state index is -1.06. The Balaban J connectivity index is 1.80. The summed E-state index contributed by atoms with van der Waals surface area (Å²) < 4.78 is 5.80. The topological polar surface area (TPSA) is 105 Å². The minimum Gasteiger partial charge on any atom is -0.486 e. The van der Waals surface area contributed by atoms with Gasteiger partial charge in [0.15, 0.2) is 5.75 Å². The van der Waals surface area contributed by atoms with Crippen molar-refractivity contribution in [1.82, 2.24) is 5.32 Å². The monoisotopic (exact) mass is 439 g/mol. The van der Waals surface area contributed by atoms with Crippen LogP contribution >= 0.6 is 23.2 Å². The van der Waals surface area contributed by atoms with Gasteiger partial charge < -0.3 is 10.5 Å². The van der Waals surface area contributed by atoms with E-state index < -0.39 is 11.9 Å². The first kappa shape index (κ1) is 21.2. The number of amides is 3. The maximum Gasteiger partial charge on any atom is 0.319 e. The smallest absolute Gasteiger partial charge is 0.319 e. The number of urea groups is 1. The molecule has 0 radical (unpaired) electrons. The quantitative estimate of drug-likeness (QED) is 0.438. The third-order valence-electron chi connectivity index (χ3n) is 4.13. The minimum absolute atomic E-state index is 0.210. The summed E-state index contributed by atoms with van der Waals surface area (Å²) in [6, 6.07) is 17.6. The Morgan fingerprint density at radius 3 is 2.37 bits per heavy atom. The van der Waals surface area contributed by atoms with E-state index >= 15 is 0 Å². The van der Waals surface area contributed by atoms with Crippen molar-refractivity contribution < 1.29 is 14.3 Å². The van der Waals surface area contributed by atoms with Crippen LogP contribution in [0.4, 0.5) is 4.79 Å². The fourth-order valence-corrected chi connectivity index (χ4v) is 3.39. The second-order valence-electron chi connectivity index (χ2n) is 6.27. The largest absolute Gasteiger partial charge is 0.486 e. The summed E-state index contributed by atoms with van der Waals surface area (Å²) >= 11 is 12.6. The van der Waals surface area contributed by atoms with Gasteiger partial charge in [-0.1, -0.05) is 59.6 Å². The van der Waals surface area contributed by atoms with Gasteiger partial charge in [0.25, 0.3) is 5.91 Å². The number of carbonyl (C=O) groups is 2. The Kier molecular flexibility index (Phi) is 6.58. The van der Waals surface area contributed by atoms with Crippen molar-refractivity contribution in [2.24, 2.45) is 5.73 Å². The maximum atomic E-state index is 11.8. The Morgan fingerprint density at radius 2 is 1.73 bits per heavy atom. The molecule has 0 aliphatic carbocycles. The molecule has 0 heterocycles. The van der Waals surface area contributed by atoms with Crippen molar-refractivity contribution in [2.45, 2.75) is 6.61 Å². The highest BCUT2D eigenvalue weighted by atomic mass is 35.5. The van der Waals surface area contributed by atoms with Crippen LogP contribution in [0.2, 0.25) is 10.0 Å². The number of carbonyl (C=O) groups excluding carboxylic acids is 2. The van der Waals surface area contributed by atoms with Gasteiger partial charge in [-0.2, -0.15) is 5.26 Å². The predicted octanol–water partition coefficient (Wildman–Crippen LogP) is 4.83. The molecule has 6 nitrogen and oxygen atoms in total. The molecule has 8 heteroatoms. The molecular weight excluding hydrogens is 425 g/mol. The van der Waals surface area contributed by atoms with Gasteiger partial charge in [-0.3, -0.25) is 10.1 Å². The molecule has 0 saturated carbocycles. The molecule has 3 aromatic rings. The van der Waals surface area contributed by atoms with Crippen LogP contribution in [0.25, 0.3) is 16.8 Å². The lowest BCUT2D eigenvalue weighted by molar-refractivity contribution is -0.115. The second-order valence-corrected chi connectivity index (χ2v) is 7.09. The molecule has 150 valence electrons. The molecule has 0 saturated heterocycles. The fourth-order valence-electron chi connectivity index (χ4n) is 2.78. The van der Waals surface area contributed by atoms with Gasteiger partial charge in [0.1, 0.15) is 18.2 Å². The van der Waals surface area contributed by atoms with Gasteiger partial charge in [0.05, 0.1) is 10.0 Å². The van der Waals surface area contributed by atoms with E-state index in [1.54, 1.807) is 6.07 Å². The Labute approximate surface area is 182 Å². The molecular formula is C22H15Cl2N3O3. The molecule has 3 N–H and O–H groups in total. The molecule has 3 rings (SSSR count). The number of nitriles is 1. The molecule has 0 bridgehead atoms. The highest BCUT2D eigenvalue weighted by Gasteiger charge is 2.14. The first-order valence-corrected chi connectivity index (χ1v) is 9.45. The van der Waals surface area contributed by atoms with Gasteiger partial charge in [0.2, 0.25) is 0 Å². The second kappa shape index (κ2) is 9.31. The highest BCUT2D eigenvalue weighted by Crippen LogP contribution is 2.35. The third-order valence-corrected chi connectivity index (χ3v) is 4.69. The van der Waals surface area contributed by atoms with Crippen LogP contribution in [0.15, 0.2) is 60.2 Å². The van der Waals surface area contributed by atoms with Crippen molar-refractivity contribution in [1.29, 1.82) is 5.26 Å². The molecule has 0 aromatic heterocycles. The Hall–Kier alpha value is -3.53. The zero-order valence-electron chi connectivity index (χ0n) is 15.5. The average molecular weight is 440 g/mol. The normalized spacial score (nSPS) is 11.0. The predicted molar refractivity (Wildman–Crippen MR) is 116 cm³/mol. The number of imide groups is 1. The van der Waals surface area contributed by atoms with Crippen LogP contribution in [0.5, 0.6) is 5.75 Å². The molecule has 0 spiro atoms. The number of nitrogens with one attached hydrogen (secondary N) is 1. The van der Waals surface area contributed by atoms with Crippen molar-refractivity contribution in [3.05, 3.63) is 81.3 Å². The molecule has 0 aliphatic rings. The van der Waals surface area contributed by atoms with Crippen molar-refractivity contribution in [3.8, 4) is 11.8 Å². The number of nitrogens with zero attached hydrogens (tertiary/aromatic N) is 1. The van der Waals surface area contributed by atoms with Crippen LogP contribution in [-0.4, -0.2) is 11.9 Å². The first-order valence-electron chi connectivity index (χ1n) is 8.69. The summed E-state index contributed by atoms with van der Waals surface area (Å²) in [5.74, 6) is -0.641. The number of rotatable bonds is 5. The van der Waals surface area contributed by atoms with Crippen LogP contribution < -0.4 is 15.8 Å². The van der Waals surface area contributed by atoms with E-state index in [2.05, 4.69) is 0 Å². The number of nitrogens with two attached hydrogens (primary N) is 1. The van der Waals surface area contributed by atoms with Gasteiger partial charge in [-0.15, -0.1) is 0 Å². The SMILES string of the molecule is N#C/C(=C/c1cc(Cl)c(OCc2ccc3ccccc3c2)c(Cl)c1)C(=O)NC(N)=O. The lowest BCUT2D eigenvalue weighted by Gasteiger charge is -2.12. The summed E-state index contributed by atoms with van der Waals surface area (Å²) in [5.41, 5.74) is 5.90. The van der Waals surface area contributed by atoms with Gasteiger partial charge in [-0.05, 0) is 46.2 Å². The summed E-state index contributed by atoms with van der Waals surface area (Å²) in [4.78, 5) is 22.6. The van der Waals surface area contributed by atoms with E-state index in [1.165, 1.54) is 18.2 Å². The van der Waals surface area contributed by atoms with Crippen LogP contribution in [-0.2, 0) is 11.4 Å². The van der Waals surface area contributed by atoms with E-state index in [-0.39, 0.29) is 28.0 Å². The van der Waals surface area contributed by atoms with E-state index in [9.17, 15) is 9.59 Å². The number of benzene rings is 3. The van der Waals surface area contributed by atoms with Crippen molar-refractivity contribution >= 4 is 52.0 Å². The molecule has 30 heavy (non-hydrogen) atoms. The average Bonchev–Trinajstić information content (AvgIpc) is 2.70. The molecule has 0 fully saturated rings. The summed E-state index contributed by atoms with van der Waals surface area (Å²) in [5, 5.41) is 13.6. The highest BCUT2D eigenvalue weighted by molar-refractivity contribution is 6.37. The summed E-state index contributed by atoms with van der Waals surface area (Å²) in [7, 11) is 0. The van der Waals surface area contributed by atoms with Crippen molar-refractivity contribution in [2.75, 3.05) is 0 Å². The third kappa shape index (κ3) is 5.09. The van der Waals surface area contributed by atoms with E-state index in [4.69, 9.17) is 38.9 Å². The Morgan fingerprint density at radius 1 is 1.07 bits per heavy atom. The lowest BCUT2D eigenvalue weighted by atomic mass is 10.1. The number of hydrogen-bond donors (Lipinski definition) is 2.